The molecule has 0 fully saturated rings. The second-order valence-electron chi connectivity index (χ2n) is 7.81. The summed E-state index contributed by atoms with van der Waals surface area (Å²) in [6.07, 6.45) is 11.7. The number of benzene rings is 1. The Morgan fingerprint density at radius 2 is 1.67 bits per heavy atom. The third kappa shape index (κ3) is 8.15. The van der Waals surface area contributed by atoms with Crippen molar-refractivity contribution in [1.82, 2.24) is 0 Å². The van der Waals surface area contributed by atoms with E-state index in [1.807, 2.05) is 37.3 Å². The largest absolute Gasteiger partial charge is 0.475 e. The van der Waals surface area contributed by atoms with Crippen molar-refractivity contribution in [1.29, 1.82) is 0 Å². The van der Waals surface area contributed by atoms with Crippen molar-refractivity contribution in [3.05, 3.63) is 35.9 Å². The fourth-order valence-electron chi connectivity index (χ4n) is 3.22. The van der Waals surface area contributed by atoms with Crippen LogP contribution in [0.4, 0.5) is 0 Å². The van der Waals surface area contributed by atoms with Crippen molar-refractivity contribution in [3.8, 4) is 0 Å². The summed E-state index contributed by atoms with van der Waals surface area (Å²) in [4.78, 5) is 16.6. The maximum Gasteiger partial charge on any atom is 0.305 e. The highest BCUT2D eigenvalue weighted by atomic mass is 16.5. The molecule has 0 aliphatic carbocycles. The van der Waals surface area contributed by atoms with Gasteiger partial charge in [0.1, 0.15) is 18.8 Å². The van der Waals surface area contributed by atoms with Gasteiger partial charge in [0, 0.05) is 12.0 Å². The van der Waals surface area contributed by atoms with Crippen LogP contribution in [0.15, 0.2) is 35.3 Å². The summed E-state index contributed by atoms with van der Waals surface area (Å²) in [7, 11) is 0. The minimum Gasteiger partial charge on any atom is -0.475 e. The lowest BCUT2D eigenvalue weighted by Crippen LogP contribution is -2.31. The maximum absolute atomic E-state index is 12.0. The number of hydrogen-bond donors (Lipinski definition) is 0. The third-order valence-electron chi connectivity index (χ3n) is 4.94. The van der Waals surface area contributed by atoms with Crippen LogP contribution in [0.5, 0.6) is 0 Å². The monoisotopic (exact) mass is 373 g/mol. The molecule has 0 saturated heterocycles. The predicted molar refractivity (Wildman–Crippen MR) is 110 cm³/mol. The lowest BCUT2D eigenvalue weighted by molar-refractivity contribution is -0.145. The van der Waals surface area contributed by atoms with Crippen molar-refractivity contribution in [2.75, 3.05) is 13.2 Å². The first-order chi connectivity index (χ1) is 13.1. The molecule has 1 atom stereocenters. The van der Waals surface area contributed by atoms with Crippen molar-refractivity contribution < 1.29 is 14.3 Å². The maximum atomic E-state index is 12.0. The second-order valence-corrected chi connectivity index (χ2v) is 7.81. The molecule has 150 valence electrons. The minimum absolute atomic E-state index is 0.123. The van der Waals surface area contributed by atoms with Crippen LogP contribution in [-0.2, 0) is 14.3 Å². The Kier molecular flexibility index (Phi) is 9.37. The number of unbranched alkanes of at least 4 members (excludes halogenated alkanes) is 8. The molecule has 0 saturated carbocycles. The van der Waals surface area contributed by atoms with Crippen LogP contribution in [0.2, 0.25) is 0 Å². The zero-order valence-electron chi connectivity index (χ0n) is 17.0. The normalized spacial score (nSPS) is 18.8. The number of ether oxygens (including phenoxy) is 2. The minimum atomic E-state index is -0.487. The van der Waals surface area contributed by atoms with Gasteiger partial charge in [-0.1, -0.05) is 76.5 Å². The fourth-order valence-corrected chi connectivity index (χ4v) is 3.22. The number of nitrogens with zero attached hydrogens (tertiary/aromatic N) is 1. The number of rotatable bonds is 13. The molecule has 1 aromatic rings. The molecule has 27 heavy (non-hydrogen) atoms. The Hall–Kier alpha value is -1.84. The second kappa shape index (κ2) is 11.8. The summed E-state index contributed by atoms with van der Waals surface area (Å²) in [5.74, 6) is 0.510. The molecular weight excluding hydrogens is 338 g/mol. The van der Waals surface area contributed by atoms with Gasteiger partial charge in [0.15, 0.2) is 0 Å². The fraction of sp³-hybridized carbons (Fsp3) is 0.652. The van der Waals surface area contributed by atoms with Crippen LogP contribution < -0.4 is 0 Å². The standard InChI is InChI=1S/C23H35NO3/c1-3-4-5-6-7-8-9-10-14-17-21(25)26-18-23(2)19-27-22(24-23)20-15-12-11-13-16-20/h11-13,15-16H,3-10,14,17-19H2,1-2H3/t23-/m1/s1. The summed E-state index contributed by atoms with van der Waals surface area (Å²) in [5.41, 5.74) is 0.474. The lowest BCUT2D eigenvalue weighted by atomic mass is 10.1. The molecule has 1 aliphatic heterocycles. The molecule has 0 amide bonds. The van der Waals surface area contributed by atoms with Crippen LogP contribution in [0.25, 0.3) is 0 Å². The molecule has 0 unspecified atom stereocenters. The highest BCUT2D eigenvalue weighted by Gasteiger charge is 2.33. The van der Waals surface area contributed by atoms with E-state index in [9.17, 15) is 4.79 Å². The van der Waals surface area contributed by atoms with Crippen molar-refractivity contribution in [2.45, 2.75) is 83.6 Å². The SMILES string of the molecule is CCCCCCCCCCCC(=O)OC[C@]1(C)COC(c2ccccc2)=N1. The van der Waals surface area contributed by atoms with Crippen molar-refractivity contribution in [2.24, 2.45) is 4.99 Å². The van der Waals surface area contributed by atoms with Crippen LogP contribution in [0.1, 0.15) is 83.6 Å². The molecule has 4 heteroatoms. The van der Waals surface area contributed by atoms with Gasteiger partial charge in [-0.3, -0.25) is 4.79 Å². The van der Waals surface area contributed by atoms with Gasteiger partial charge in [-0.15, -0.1) is 0 Å². The zero-order chi connectivity index (χ0) is 19.4. The van der Waals surface area contributed by atoms with Gasteiger partial charge < -0.3 is 9.47 Å². The molecule has 1 heterocycles. The Morgan fingerprint density at radius 3 is 2.33 bits per heavy atom. The highest BCUT2D eigenvalue weighted by molar-refractivity contribution is 5.95. The van der Waals surface area contributed by atoms with Crippen LogP contribution in [0.3, 0.4) is 0 Å². The van der Waals surface area contributed by atoms with E-state index in [-0.39, 0.29) is 12.6 Å². The van der Waals surface area contributed by atoms with Gasteiger partial charge in [0.25, 0.3) is 0 Å². The first-order valence-corrected chi connectivity index (χ1v) is 10.6. The average molecular weight is 374 g/mol. The van der Waals surface area contributed by atoms with E-state index in [0.717, 1.165) is 18.4 Å². The van der Waals surface area contributed by atoms with E-state index < -0.39 is 5.54 Å². The van der Waals surface area contributed by atoms with Gasteiger partial charge in [-0.05, 0) is 25.5 Å². The Bertz CT molecular complexity index is 585. The summed E-state index contributed by atoms with van der Waals surface area (Å²) >= 11 is 0. The van der Waals surface area contributed by atoms with E-state index in [0.29, 0.717) is 18.9 Å². The molecule has 1 aromatic carbocycles. The Morgan fingerprint density at radius 1 is 1.04 bits per heavy atom. The van der Waals surface area contributed by atoms with Crippen molar-refractivity contribution >= 4 is 11.9 Å². The molecule has 0 bridgehead atoms. The number of esters is 1. The number of hydrogen-bond acceptors (Lipinski definition) is 4. The molecule has 0 radical (unpaired) electrons. The van der Waals surface area contributed by atoms with E-state index in [1.165, 1.54) is 44.9 Å². The van der Waals surface area contributed by atoms with Gasteiger partial charge >= 0.3 is 5.97 Å². The van der Waals surface area contributed by atoms with E-state index >= 15 is 0 Å². The Labute approximate surface area is 164 Å². The molecular formula is C23H35NO3. The van der Waals surface area contributed by atoms with Gasteiger partial charge in [-0.25, -0.2) is 4.99 Å². The first kappa shape index (κ1) is 21.5. The smallest absolute Gasteiger partial charge is 0.305 e. The topological polar surface area (TPSA) is 47.9 Å². The predicted octanol–water partition coefficient (Wildman–Crippen LogP) is 5.69. The van der Waals surface area contributed by atoms with E-state index in [4.69, 9.17) is 9.47 Å². The van der Waals surface area contributed by atoms with Crippen LogP contribution in [-0.4, -0.2) is 30.6 Å². The summed E-state index contributed by atoms with van der Waals surface area (Å²) in [6.45, 7) is 4.94. The van der Waals surface area contributed by atoms with Gasteiger partial charge in [-0.2, -0.15) is 0 Å². The zero-order valence-corrected chi connectivity index (χ0v) is 17.0. The summed E-state index contributed by atoms with van der Waals surface area (Å²) in [5, 5.41) is 0. The van der Waals surface area contributed by atoms with Gasteiger partial charge in [0.2, 0.25) is 5.90 Å². The van der Waals surface area contributed by atoms with Gasteiger partial charge in [0.05, 0.1) is 0 Å². The summed E-state index contributed by atoms with van der Waals surface area (Å²) in [6, 6.07) is 9.83. The van der Waals surface area contributed by atoms with E-state index in [2.05, 4.69) is 11.9 Å². The molecule has 0 spiro atoms. The van der Waals surface area contributed by atoms with Crippen LogP contribution in [0, 0.1) is 0 Å². The molecule has 0 N–H and O–H groups in total. The third-order valence-corrected chi connectivity index (χ3v) is 4.94. The van der Waals surface area contributed by atoms with E-state index in [1.54, 1.807) is 0 Å². The van der Waals surface area contributed by atoms with Crippen molar-refractivity contribution in [3.63, 3.8) is 0 Å². The highest BCUT2D eigenvalue weighted by Crippen LogP contribution is 2.22. The summed E-state index contributed by atoms with van der Waals surface area (Å²) < 4.78 is 11.2. The van der Waals surface area contributed by atoms with Crippen LogP contribution >= 0.6 is 0 Å². The first-order valence-electron chi connectivity index (χ1n) is 10.6. The Balaban J connectivity index is 1.57. The molecule has 1 aliphatic rings. The number of aliphatic imine (C=N–C) groups is 1. The quantitative estimate of drug-likeness (QED) is 0.330. The average Bonchev–Trinajstić information content (AvgIpc) is 3.08. The number of carbonyl (C=O) groups is 1. The molecule has 2 rings (SSSR count). The molecule has 0 aromatic heterocycles. The molecule has 4 nitrogen and oxygen atoms in total. The number of carbonyl (C=O) groups excluding carboxylic acids is 1. The lowest BCUT2D eigenvalue weighted by Gasteiger charge is -2.17.